The van der Waals surface area contributed by atoms with E-state index in [0.717, 1.165) is 4.90 Å². The van der Waals surface area contributed by atoms with Crippen LogP contribution in [-0.2, 0) is 5.75 Å². The summed E-state index contributed by atoms with van der Waals surface area (Å²) in [6.07, 6.45) is 0. The Morgan fingerprint density at radius 2 is 1.38 bits per heavy atom. The van der Waals surface area contributed by atoms with E-state index >= 15 is 0 Å². The monoisotopic (exact) mass is 317 g/mol. The van der Waals surface area contributed by atoms with E-state index in [1.165, 1.54) is 5.55 Å². The second-order valence-electron chi connectivity index (χ2n) is 4.41. The van der Waals surface area contributed by atoms with Crippen molar-refractivity contribution >= 4 is 22.1 Å². The number of halogens is 5. The summed E-state index contributed by atoms with van der Waals surface area (Å²) in [5.74, 6) is -9.78. The van der Waals surface area contributed by atoms with Crippen LogP contribution in [0.25, 0.3) is 0 Å². The van der Waals surface area contributed by atoms with Crippen LogP contribution < -0.4 is 0 Å². The largest absolute Gasteiger partial charge is 0.250 e. The zero-order chi connectivity index (χ0) is 15.1. The highest BCUT2D eigenvalue weighted by Gasteiger charge is 2.27. The van der Waals surface area contributed by atoms with Crippen molar-refractivity contribution in [3.63, 3.8) is 0 Å². The SMILES string of the molecule is Fc1c(F)c(F)c(C[SH]2C=Nc3ccccc32)c(F)c1F. The maximum Gasteiger partial charge on any atom is 0.200 e. The minimum atomic E-state index is -2.14. The molecule has 1 aliphatic rings. The predicted octanol–water partition coefficient (Wildman–Crippen LogP) is 4.62. The summed E-state index contributed by atoms with van der Waals surface area (Å²) in [6.45, 7) is 0. The van der Waals surface area contributed by atoms with Crippen LogP contribution in [0.4, 0.5) is 27.6 Å². The van der Waals surface area contributed by atoms with Crippen LogP contribution in [0.1, 0.15) is 5.56 Å². The highest BCUT2D eigenvalue weighted by atomic mass is 32.2. The minimum absolute atomic E-state index is 0.276. The molecule has 0 spiro atoms. The highest BCUT2D eigenvalue weighted by Crippen LogP contribution is 2.48. The Kier molecular flexibility index (Phi) is 3.44. The lowest BCUT2D eigenvalue weighted by molar-refractivity contribution is 0.372. The van der Waals surface area contributed by atoms with Gasteiger partial charge in [0.25, 0.3) is 0 Å². The molecule has 1 unspecified atom stereocenters. The number of hydrogen-bond donors (Lipinski definition) is 1. The van der Waals surface area contributed by atoms with Gasteiger partial charge in [0, 0.05) is 21.8 Å². The first kappa shape index (κ1) is 14.1. The van der Waals surface area contributed by atoms with Crippen LogP contribution in [0.3, 0.4) is 0 Å². The first-order valence-corrected chi connectivity index (χ1v) is 7.50. The minimum Gasteiger partial charge on any atom is -0.250 e. The van der Waals surface area contributed by atoms with Crippen LogP contribution in [0.2, 0.25) is 0 Å². The van der Waals surface area contributed by atoms with Gasteiger partial charge >= 0.3 is 0 Å². The van der Waals surface area contributed by atoms with Crippen molar-refractivity contribution in [2.45, 2.75) is 10.6 Å². The third-order valence-corrected chi connectivity index (χ3v) is 5.20. The molecular weight excluding hydrogens is 309 g/mol. The maximum absolute atomic E-state index is 13.7. The van der Waals surface area contributed by atoms with Gasteiger partial charge in [0.15, 0.2) is 23.3 Å². The molecule has 0 saturated carbocycles. The van der Waals surface area contributed by atoms with E-state index in [1.807, 2.05) is 0 Å². The molecule has 2 aromatic carbocycles. The van der Waals surface area contributed by atoms with Crippen LogP contribution in [0.15, 0.2) is 34.2 Å². The fraction of sp³-hybridized carbons (Fsp3) is 0.0714. The molecule has 7 heteroatoms. The van der Waals surface area contributed by atoms with E-state index in [-0.39, 0.29) is 5.75 Å². The number of aliphatic imine (C=N–C) groups is 1. The molecule has 0 amide bonds. The average Bonchev–Trinajstić information content (AvgIpc) is 2.91. The zero-order valence-electron chi connectivity index (χ0n) is 10.4. The Labute approximate surface area is 119 Å². The van der Waals surface area contributed by atoms with E-state index in [9.17, 15) is 22.0 Å². The fourth-order valence-electron chi connectivity index (χ4n) is 2.10. The Morgan fingerprint density at radius 1 is 0.810 bits per heavy atom. The molecule has 0 aliphatic carbocycles. The summed E-state index contributed by atoms with van der Waals surface area (Å²) in [5, 5.41) is 0. The number of hydrogen-bond acceptors (Lipinski definition) is 1. The summed E-state index contributed by atoms with van der Waals surface area (Å²) in [7, 11) is -1.23. The average molecular weight is 317 g/mol. The molecule has 1 atom stereocenters. The highest BCUT2D eigenvalue weighted by molar-refractivity contribution is 8.28. The molecule has 0 fully saturated rings. The Bertz CT molecular complexity index is 730. The number of fused-ring (bicyclic) bond motifs is 1. The molecule has 1 nitrogen and oxygen atoms in total. The van der Waals surface area contributed by atoms with Gasteiger partial charge in [-0.15, -0.1) is 0 Å². The van der Waals surface area contributed by atoms with Crippen LogP contribution >= 0.6 is 10.9 Å². The summed E-state index contributed by atoms with van der Waals surface area (Å²) < 4.78 is 66.7. The van der Waals surface area contributed by atoms with Crippen molar-refractivity contribution in [3.8, 4) is 0 Å². The third kappa shape index (κ3) is 2.21. The third-order valence-electron chi connectivity index (χ3n) is 3.16. The Balaban J connectivity index is 2.03. The molecule has 0 saturated heterocycles. The molecule has 0 aromatic heterocycles. The van der Waals surface area contributed by atoms with Crippen molar-refractivity contribution in [1.29, 1.82) is 0 Å². The van der Waals surface area contributed by atoms with Gasteiger partial charge < -0.3 is 0 Å². The van der Waals surface area contributed by atoms with Gasteiger partial charge in [-0.2, -0.15) is 10.9 Å². The normalized spacial score (nSPS) is 18.0. The summed E-state index contributed by atoms with van der Waals surface area (Å²) in [6, 6.07) is 6.96. The van der Waals surface area contributed by atoms with Gasteiger partial charge in [-0.05, 0) is 12.1 Å². The first-order chi connectivity index (χ1) is 10.0. The van der Waals surface area contributed by atoms with E-state index < -0.39 is 45.5 Å². The van der Waals surface area contributed by atoms with Crippen LogP contribution in [0, 0.1) is 29.1 Å². The molecule has 21 heavy (non-hydrogen) atoms. The van der Waals surface area contributed by atoms with E-state index in [4.69, 9.17) is 0 Å². The lowest BCUT2D eigenvalue weighted by Gasteiger charge is -2.15. The lowest BCUT2D eigenvalue weighted by atomic mass is 10.2. The van der Waals surface area contributed by atoms with Crippen molar-refractivity contribution in [2.75, 3.05) is 0 Å². The van der Waals surface area contributed by atoms with Gasteiger partial charge in [0.2, 0.25) is 5.82 Å². The Hall–Kier alpha value is -1.89. The topological polar surface area (TPSA) is 12.4 Å². The zero-order valence-corrected chi connectivity index (χ0v) is 11.3. The van der Waals surface area contributed by atoms with E-state index in [1.54, 1.807) is 24.3 Å². The van der Waals surface area contributed by atoms with Gasteiger partial charge in [0.1, 0.15) is 0 Å². The molecule has 110 valence electrons. The second kappa shape index (κ2) is 5.14. The predicted molar refractivity (Wildman–Crippen MR) is 71.8 cm³/mol. The van der Waals surface area contributed by atoms with Crippen molar-refractivity contribution < 1.29 is 22.0 Å². The number of para-hydroxylation sites is 1. The smallest absolute Gasteiger partial charge is 0.200 e. The van der Waals surface area contributed by atoms with Gasteiger partial charge in [-0.3, -0.25) is 4.99 Å². The van der Waals surface area contributed by atoms with Crippen LogP contribution in [0.5, 0.6) is 0 Å². The first-order valence-electron chi connectivity index (χ1n) is 5.91. The molecule has 0 N–H and O–H groups in total. The van der Waals surface area contributed by atoms with E-state index in [0.29, 0.717) is 5.69 Å². The fourth-order valence-corrected chi connectivity index (χ4v) is 4.06. The van der Waals surface area contributed by atoms with Crippen LogP contribution in [-0.4, -0.2) is 5.55 Å². The summed E-state index contributed by atoms with van der Waals surface area (Å²) >= 11 is 0. The van der Waals surface area contributed by atoms with Gasteiger partial charge in [-0.25, -0.2) is 22.0 Å². The van der Waals surface area contributed by atoms with E-state index in [2.05, 4.69) is 4.99 Å². The standard InChI is InChI=1S/C14H8F5NS/c15-10-7(11(16)13(18)14(19)12(10)17)5-21-6-20-8-3-1-2-4-9(8)21/h1-4,6,21H,5H2. The lowest BCUT2D eigenvalue weighted by Crippen LogP contribution is -2.07. The summed E-state index contributed by atoms with van der Waals surface area (Å²) in [4.78, 5) is 4.86. The molecule has 2 aromatic rings. The molecule has 0 bridgehead atoms. The van der Waals surface area contributed by atoms with Gasteiger partial charge in [-0.1, -0.05) is 12.1 Å². The molecule has 0 radical (unpaired) electrons. The number of rotatable bonds is 2. The molecule has 1 heterocycles. The van der Waals surface area contributed by atoms with Crippen molar-refractivity contribution in [2.24, 2.45) is 4.99 Å². The number of thiol groups is 1. The Morgan fingerprint density at radius 3 is 2.05 bits per heavy atom. The quantitative estimate of drug-likeness (QED) is 0.359. The second-order valence-corrected chi connectivity index (χ2v) is 6.38. The van der Waals surface area contributed by atoms with Crippen molar-refractivity contribution in [3.05, 3.63) is 58.9 Å². The maximum atomic E-state index is 13.7. The molecular formula is C14H8F5NS. The van der Waals surface area contributed by atoms with Crippen molar-refractivity contribution in [1.82, 2.24) is 0 Å². The molecule has 3 rings (SSSR count). The number of benzene rings is 2. The number of nitrogens with zero attached hydrogens (tertiary/aromatic N) is 1. The van der Waals surface area contributed by atoms with Gasteiger partial charge in [0.05, 0.1) is 5.69 Å². The summed E-state index contributed by atoms with van der Waals surface area (Å²) in [5.41, 5.74) is 1.38. The molecule has 1 aliphatic heterocycles.